The molecule has 0 aliphatic rings. The zero-order valence-corrected chi connectivity index (χ0v) is 11.9. The van der Waals surface area contributed by atoms with Gasteiger partial charge in [-0.25, -0.2) is 0 Å². The molecular formula is C14H11BrN2S. The van der Waals surface area contributed by atoms with E-state index in [9.17, 15) is 0 Å². The molecule has 3 rings (SSSR count). The van der Waals surface area contributed by atoms with E-state index in [0.29, 0.717) is 0 Å². The van der Waals surface area contributed by atoms with E-state index < -0.39 is 0 Å². The molecule has 4 heteroatoms. The molecule has 1 atom stereocenters. The van der Waals surface area contributed by atoms with Crippen LogP contribution in [0.15, 0.2) is 51.8 Å². The molecule has 1 unspecified atom stereocenters. The van der Waals surface area contributed by atoms with Crippen LogP contribution >= 0.6 is 27.3 Å². The molecule has 0 saturated heterocycles. The number of rotatable bonds is 2. The van der Waals surface area contributed by atoms with E-state index in [-0.39, 0.29) is 6.04 Å². The predicted molar refractivity (Wildman–Crippen MR) is 79.8 cm³/mol. The number of nitrogens with zero attached hydrogens (tertiary/aromatic N) is 1. The van der Waals surface area contributed by atoms with Gasteiger partial charge in [0.05, 0.1) is 11.7 Å². The number of pyridine rings is 1. The van der Waals surface area contributed by atoms with Crippen molar-refractivity contribution in [3.05, 3.63) is 63.0 Å². The molecule has 1 aromatic carbocycles. The van der Waals surface area contributed by atoms with Crippen LogP contribution in [0.25, 0.3) is 10.8 Å². The summed E-state index contributed by atoms with van der Waals surface area (Å²) in [6, 6.07) is 10.00. The van der Waals surface area contributed by atoms with Gasteiger partial charge in [0, 0.05) is 21.4 Å². The largest absolute Gasteiger partial charge is 0.319 e. The highest BCUT2D eigenvalue weighted by molar-refractivity contribution is 9.10. The van der Waals surface area contributed by atoms with Crippen molar-refractivity contribution in [3.8, 4) is 0 Å². The Morgan fingerprint density at radius 1 is 1.17 bits per heavy atom. The van der Waals surface area contributed by atoms with E-state index in [4.69, 9.17) is 5.73 Å². The molecule has 2 N–H and O–H groups in total. The maximum Gasteiger partial charge on any atom is 0.0751 e. The third-order valence-electron chi connectivity index (χ3n) is 2.98. The lowest BCUT2D eigenvalue weighted by atomic mass is 10.0. The topological polar surface area (TPSA) is 38.9 Å². The van der Waals surface area contributed by atoms with Crippen LogP contribution in [-0.2, 0) is 0 Å². The standard InChI is InChI=1S/C14H11BrN2S/c15-12-8-18-7-11(12)13(16)14-10-4-2-1-3-9(10)5-6-17-14/h1-8,13H,16H2. The number of nitrogens with two attached hydrogens (primary N) is 1. The Morgan fingerprint density at radius 2 is 2.00 bits per heavy atom. The number of hydrogen-bond donors (Lipinski definition) is 1. The monoisotopic (exact) mass is 318 g/mol. The lowest BCUT2D eigenvalue weighted by Gasteiger charge is -2.13. The Balaban J connectivity index is 2.18. The van der Waals surface area contributed by atoms with Crippen molar-refractivity contribution in [2.24, 2.45) is 5.73 Å². The van der Waals surface area contributed by atoms with E-state index in [1.807, 2.05) is 29.8 Å². The van der Waals surface area contributed by atoms with Crippen LogP contribution in [0.1, 0.15) is 17.3 Å². The first-order valence-corrected chi connectivity index (χ1v) is 7.32. The Morgan fingerprint density at radius 3 is 2.78 bits per heavy atom. The fraction of sp³-hybridized carbons (Fsp3) is 0.0714. The Bertz CT molecular complexity index is 688. The van der Waals surface area contributed by atoms with E-state index in [1.54, 1.807) is 11.3 Å². The summed E-state index contributed by atoms with van der Waals surface area (Å²) in [5.74, 6) is 0. The number of benzene rings is 1. The second-order valence-corrected chi connectivity index (χ2v) is 5.67. The van der Waals surface area contributed by atoms with Crippen LogP contribution < -0.4 is 5.73 Å². The summed E-state index contributed by atoms with van der Waals surface area (Å²) in [6.07, 6.45) is 1.82. The van der Waals surface area contributed by atoms with Crippen LogP contribution in [0.4, 0.5) is 0 Å². The lowest BCUT2D eigenvalue weighted by molar-refractivity contribution is 0.840. The Labute approximate surface area is 118 Å². The van der Waals surface area contributed by atoms with Gasteiger partial charge in [-0.3, -0.25) is 4.98 Å². The van der Waals surface area contributed by atoms with Crippen LogP contribution in [0, 0.1) is 0 Å². The maximum absolute atomic E-state index is 6.34. The van der Waals surface area contributed by atoms with Crippen molar-refractivity contribution in [1.29, 1.82) is 0 Å². The molecule has 0 fully saturated rings. The molecule has 0 bridgehead atoms. The first-order valence-electron chi connectivity index (χ1n) is 5.58. The third-order valence-corrected chi connectivity index (χ3v) is 4.73. The van der Waals surface area contributed by atoms with Crippen molar-refractivity contribution in [1.82, 2.24) is 4.98 Å². The number of aromatic nitrogens is 1. The van der Waals surface area contributed by atoms with Gasteiger partial charge < -0.3 is 5.73 Å². The number of thiophene rings is 1. The van der Waals surface area contributed by atoms with Gasteiger partial charge in [0.25, 0.3) is 0 Å². The molecule has 0 aliphatic heterocycles. The second-order valence-electron chi connectivity index (χ2n) is 4.07. The molecule has 18 heavy (non-hydrogen) atoms. The molecule has 2 heterocycles. The van der Waals surface area contributed by atoms with Gasteiger partial charge in [0.1, 0.15) is 0 Å². The van der Waals surface area contributed by atoms with Gasteiger partial charge in [-0.05, 0) is 38.3 Å². The summed E-state index contributed by atoms with van der Waals surface area (Å²) < 4.78 is 1.05. The summed E-state index contributed by atoms with van der Waals surface area (Å²) in [7, 11) is 0. The van der Waals surface area contributed by atoms with E-state index in [2.05, 4.69) is 38.4 Å². The van der Waals surface area contributed by atoms with Gasteiger partial charge in [-0.1, -0.05) is 24.3 Å². The fourth-order valence-corrected chi connectivity index (χ4v) is 3.63. The Hall–Kier alpha value is -1.23. The molecule has 0 saturated carbocycles. The van der Waals surface area contributed by atoms with Crippen LogP contribution in [0.5, 0.6) is 0 Å². The molecule has 0 radical (unpaired) electrons. The summed E-state index contributed by atoms with van der Waals surface area (Å²) in [4.78, 5) is 4.46. The summed E-state index contributed by atoms with van der Waals surface area (Å²) in [5.41, 5.74) is 8.35. The minimum absolute atomic E-state index is 0.197. The number of fused-ring (bicyclic) bond motifs is 1. The molecular weight excluding hydrogens is 308 g/mol. The third kappa shape index (κ3) is 1.96. The first kappa shape index (κ1) is 11.8. The highest BCUT2D eigenvalue weighted by Crippen LogP contribution is 2.31. The lowest BCUT2D eigenvalue weighted by Crippen LogP contribution is -2.13. The maximum atomic E-state index is 6.34. The molecule has 2 aromatic heterocycles. The zero-order valence-electron chi connectivity index (χ0n) is 9.51. The summed E-state index contributed by atoms with van der Waals surface area (Å²) in [5, 5.41) is 6.40. The highest BCUT2D eigenvalue weighted by atomic mass is 79.9. The minimum Gasteiger partial charge on any atom is -0.319 e. The van der Waals surface area contributed by atoms with E-state index in [0.717, 1.165) is 21.1 Å². The normalized spacial score (nSPS) is 12.8. The van der Waals surface area contributed by atoms with Crippen molar-refractivity contribution in [2.45, 2.75) is 6.04 Å². The smallest absolute Gasteiger partial charge is 0.0751 e. The quantitative estimate of drug-likeness (QED) is 0.772. The average molecular weight is 319 g/mol. The molecule has 2 nitrogen and oxygen atoms in total. The van der Waals surface area contributed by atoms with Gasteiger partial charge in [0.15, 0.2) is 0 Å². The number of halogens is 1. The Kier molecular flexibility index (Phi) is 3.16. The minimum atomic E-state index is -0.197. The SMILES string of the molecule is NC(c1cscc1Br)c1nccc2ccccc12. The predicted octanol–water partition coefficient (Wildman–Crippen LogP) is 4.11. The zero-order chi connectivity index (χ0) is 12.5. The second kappa shape index (κ2) is 4.80. The van der Waals surface area contributed by atoms with Crippen molar-refractivity contribution in [3.63, 3.8) is 0 Å². The molecule has 3 aromatic rings. The molecule has 0 aliphatic carbocycles. The highest BCUT2D eigenvalue weighted by Gasteiger charge is 2.16. The summed E-state index contributed by atoms with van der Waals surface area (Å²) in [6.45, 7) is 0. The molecule has 0 spiro atoms. The van der Waals surface area contributed by atoms with Crippen molar-refractivity contribution >= 4 is 38.0 Å². The first-order chi connectivity index (χ1) is 8.77. The van der Waals surface area contributed by atoms with E-state index >= 15 is 0 Å². The van der Waals surface area contributed by atoms with Crippen LogP contribution in [-0.4, -0.2) is 4.98 Å². The van der Waals surface area contributed by atoms with Gasteiger partial charge >= 0.3 is 0 Å². The van der Waals surface area contributed by atoms with E-state index in [1.165, 1.54) is 5.39 Å². The van der Waals surface area contributed by atoms with Gasteiger partial charge in [0.2, 0.25) is 0 Å². The molecule has 90 valence electrons. The van der Waals surface area contributed by atoms with Gasteiger partial charge in [-0.15, -0.1) is 0 Å². The molecule has 0 amide bonds. The van der Waals surface area contributed by atoms with Crippen molar-refractivity contribution < 1.29 is 0 Å². The average Bonchev–Trinajstić information content (AvgIpc) is 2.83. The van der Waals surface area contributed by atoms with Gasteiger partial charge in [-0.2, -0.15) is 11.3 Å². The number of hydrogen-bond acceptors (Lipinski definition) is 3. The van der Waals surface area contributed by atoms with Crippen LogP contribution in [0.3, 0.4) is 0 Å². The fourth-order valence-electron chi connectivity index (χ4n) is 2.05. The summed E-state index contributed by atoms with van der Waals surface area (Å²) >= 11 is 5.17. The van der Waals surface area contributed by atoms with Crippen LogP contribution in [0.2, 0.25) is 0 Å². The van der Waals surface area contributed by atoms with Crippen molar-refractivity contribution in [2.75, 3.05) is 0 Å².